The number of ether oxygens (including phenoxy) is 1. The van der Waals surface area contributed by atoms with Crippen molar-refractivity contribution in [2.45, 2.75) is 31.0 Å². The van der Waals surface area contributed by atoms with Crippen LogP contribution >= 0.6 is 0 Å². The summed E-state index contributed by atoms with van der Waals surface area (Å²) in [6, 6.07) is 4.82. The number of amides is 2. The maximum atomic E-state index is 13.5. The van der Waals surface area contributed by atoms with Crippen LogP contribution in [0.5, 0.6) is 0 Å². The lowest BCUT2D eigenvalue weighted by atomic mass is 10.0. The molecule has 7 nitrogen and oxygen atoms in total. The highest BCUT2D eigenvalue weighted by Crippen LogP contribution is 2.45. The Kier molecular flexibility index (Phi) is 3.42. The Morgan fingerprint density at radius 3 is 2.96 bits per heavy atom. The predicted molar refractivity (Wildman–Crippen MR) is 93.6 cm³/mol. The maximum Gasteiger partial charge on any atom is 0.255 e. The Bertz CT molecular complexity index is 1040. The van der Waals surface area contributed by atoms with Crippen molar-refractivity contribution < 1.29 is 18.7 Å². The number of halogens is 1. The van der Waals surface area contributed by atoms with Crippen molar-refractivity contribution in [3.63, 3.8) is 0 Å². The van der Waals surface area contributed by atoms with Gasteiger partial charge >= 0.3 is 0 Å². The summed E-state index contributed by atoms with van der Waals surface area (Å²) in [5.74, 6) is -0.825. The lowest BCUT2D eigenvalue weighted by Crippen LogP contribution is -2.56. The van der Waals surface area contributed by atoms with Crippen LogP contribution in [0.4, 0.5) is 4.39 Å². The molecule has 27 heavy (non-hydrogen) atoms. The summed E-state index contributed by atoms with van der Waals surface area (Å²) < 4.78 is 19.5. The van der Waals surface area contributed by atoms with Crippen molar-refractivity contribution >= 4 is 22.7 Å². The number of benzene rings is 1. The fourth-order valence-corrected chi connectivity index (χ4v) is 4.76. The van der Waals surface area contributed by atoms with Gasteiger partial charge in [0.25, 0.3) is 5.91 Å². The number of hydrogen-bond acceptors (Lipinski definition) is 4. The van der Waals surface area contributed by atoms with Crippen LogP contribution in [0.25, 0.3) is 10.9 Å². The molecule has 8 heteroatoms. The van der Waals surface area contributed by atoms with Gasteiger partial charge in [0.1, 0.15) is 5.82 Å². The monoisotopic (exact) mass is 371 g/mol. The van der Waals surface area contributed by atoms with Crippen molar-refractivity contribution in [1.29, 1.82) is 0 Å². The molecule has 1 aromatic heterocycles. The van der Waals surface area contributed by atoms with E-state index in [4.69, 9.17) is 4.74 Å². The lowest BCUT2D eigenvalue weighted by Gasteiger charge is -2.42. The summed E-state index contributed by atoms with van der Waals surface area (Å²) >= 11 is 0. The van der Waals surface area contributed by atoms with Gasteiger partial charge in [0.05, 0.1) is 30.1 Å². The minimum atomic E-state index is -0.742. The molecule has 0 saturated carbocycles. The van der Waals surface area contributed by atoms with E-state index in [0.717, 1.165) is 6.42 Å². The third kappa shape index (κ3) is 2.26. The zero-order valence-corrected chi connectivity index (χ0v) is 14.5. The average molecular weight is 371 g/mol. The molecule has 4 heterocycles. The Morgan fingerprint density at radius 1 is 1.26 bits per heavy atom. The fraction of sp³-hybridized carbons (Fsp3) is 0.421. The Hall–Kier alpha value is -2.74. The van der Waals surface area contributed by atoms with Crippen LogP contribution in [0.1, 0.15) is 29.6 Å². The summed E-state index contributed by atoms with van der Waals surface area (Å²) in [6.45, 7) is 1.66. The summed E-state index contributed by atoms with van der Waals surface area (Å²) in [5, 5.41) is 0.479. The molecule has 0 bridgehead atoms. The van der Waals surface area contributed by atoms with E-state index >= 15 is 0 Å². The highest BCUT2D eigenvalue weighted by molar-refractivity contribution is 6.06. The van der Waals surface area contributed by atoms with Gasteiger partial charge in [-0.1, -0.05) is 0 Å². The molecule has 2 aromatic rings. The first-order valence-electron chi connectivity index (χ1n) is 9.08. The predicted octanol–water partition coefficient (Wildman–Crippen LogP) is 1.23. The third-order valence-corrected chi connectivity index (χ3v) is 5.91. The van der Waals surface area contributed by atoms with E-state index in [0.29, 0.717) is 31.5 Å². The van der Waals surface area contributed by atoms with Gasteiger partial charge < -0.3 is 19.5 Å². The highest BCUT2D eigenvalue weighted by atomic mass is 19.1. The number of H-pyrrole nitrogens is 1. The molecule has 0 unspecified atom stereocenters. The minimum absolute atomic E-state index is 0.00459. The number of hydrogen-bond donors (Lipinski definition) is 1. The number of nitrogens with one attached hydrogen (secondary N) is 1. The normalized spacial score (nSPS) is 27.1. The van der Waals surface area contributed by atoms with Crippen molar-refractivity contribution in [3.05, 3.63) is 46.0 Å². The fourth-order valence-electron chi connectivity index (χ4n) is 4.76. The number of aromatic amines is 1. The van der Waals surface area contributed by atoms with Gasteiger partial charge in [-0.25, -0.2) is 4.39 Å². The molecule has 0 radical (unpaired) electrons. The molecule has 2 atom stereocenters. The van der Waals surface area contributed by atoms with Gasteiger partial charge in [0.2, 0.25) is 11.5 Å². The zero-order chi connectivity index (χ0) is 18.8. The van der Waals surface area contributed by atoms with Crippen LogP contribution in [0.3, 0.4) is 0 Å². The number of aromatic nitrogens is 1. The largest absolute Gasteiger partial charge is 0.353 e. The molecule has 3 aliphatic heterocycles. The number of pyridine rings is 1. The SMILES string of the molecule is O=C(c1cc(=O)[nH]c2cc(F)ccc12)N1CC[C@@]23OCCCN2C(=O)C[C@@H]13. The summed E-state index contributed by atoms with van der Waals surface area (Å²) in [7, 11) is 0. The van der Waals surface area contributed by atoms with Crippen molar-refractivity contribution in [2.24, 2.45) is 0 Å². The van der Waals surface area contributed by atoms with Gasteiger partial charge in [-0.05, 0) is 24.6 Å². The molecule has 3 fully saturated rings. The lowest BCUT2D eigenvalue weighted by molar-refractivity contribution is -0.179. The van der Waals surface area contributed by atoms with Gasteiger partial charge in [-0.2, -0.15) is 0 Å². The molecule has 3 saturated heterocycles. The van der Waals surface area contributed by atoms with Crippen LogP contribution in [0.15, 0.2) is 29.1 Å². The summed E-state index contributed by atoms with van der Waals surface area (Å²) in [4.78, 5) is 43.7. The first kappa shape index (κ1) is 16.4. The topological polar surface area (TPSA) is 82.7 Å². The molecule has 1 aromatic carbocycles. The van der Waals surface area contributed by atoms with Crippen LogP contribution in [-0.2, 0) is 9.53 Å². The molecular weight excluding hydrogens is 353 g/mol. The summed E-state index contributed by atoms with van der Waals surface area (Å²) in [5.41, 5.74) is -0.720. The van der Waals surface area contributed by atoms with Crippen LogP contribution in [0, 0.1) is 5.82 Å². The molecule has 1 spiro atoms. The number of carbonyl (C=O) groups excluding carboxylic acids is 2. The first-order valence-corrected chi connectivity index (χ1v) is 9.08. The van der Waals surface area contributed by atoms with E-state index in [1.54, 1.807) is 9.80 Å². The smallest absolute Gasteiger partial charge is 0.255 e. The molecule has 1 N–H and O–H groups in total. The first-order chi connectivity index (χ1) is 13.0. The Labute approximate surface area is 153 Å². The van der Waals surface area contributed by atoms with Crippen molar-refractivity contribution in [3.8, 4) is 0 Å². The van der Waals surface area contributed by atoms with E-state index in [-0.39, 0.29) is 35.4 Å². The Morgan fingerprint density at radius 2 is 2.11 bits per heavy atom. The molecule has 0 aliphatic carbocycles. The van der Waals surface area contributed by atoms with E-state index in [9.17, 15) is 18.8 Å². The maximum absolute atomic E-state index is 13.5. The zero-order valence-electron chi connectivity index (χ0n) is 14.5. The molecular formula is C19H18FN3O4. The number of nitrogens with zero attached hydrogens (tertiary/aromatic N) is 2. The highest BCUT2D eigenvalue weighted by Gasteiger charge is 2.61. The number of fused-ring (bicyclic) bond motifs is 1. The van der Waals surface area contributed by atoms with E-state index in [2.05, 4.69) is 4.98 Å². The number of rotatable bonds is 1. The second-order valence-electron chi connectivity index (χ2n) is 7.30. The van der Waals surface area contributed by atoms with E-state index < -0.39 is 17.1 Å². The van der Waals surface area contributed by atoms with Gasteiger partial charge in [-0.3, -0.25) is 14.4 Å². The minimum Gasteiger partial charge on any atom is -0.353 e. The standard InChI is InChI=1S/C19H18FN3O4/c20-11-2-3-12-13(9-16(24)21-14(12)8-11)18(26)22-6-4-19-15(22)10-17(25)23(19)5-1-7-27-19/h2-3,8-9,15H,1,4-7,10H2,(H,21,24)/t15-,19+/m1/s1. The van der Waals surface area contributed by atoms with Crippen LogP contribution in [0.2, 0.25) is 0 Å². The van der Waals surface area contributed by atoms with E-state index in [1.807, 2.05) is 0 Å². The summed E-state index contributed by atoms with van der Waals surface area (Å²) in [6.07, 6.45) is 1.57. The molecule has 3 aliphatic rings. The molecule has 2 amide bonds. The molecule has 140 valence electrons. The number of likely N-dealkylation sites (tertiary alicyclic amines) is 1. The van der Waals surface area contributed by atoms with Gasteiger partial charge in [-0.15, -0.1) is 0 Å². The second-order valence-corrected chi connectivity index (χ2v) is 7.30. The van der Waals surface area contributed by atoms with E-state index in [1.165, 1.54) is 24.3 Å². The Balaban J connectivity index is 1.57. The van der Waals surface area contributed by atoms with Crippen molar-refractivity contribution in [2.75, 3.05) is 19.7 Å². The van der Waals surface area contributed by atoms with Crippen LogP contribution in [-0.4, -0.2) is 58.1 Å². The van der Waals surface area contributed by atoms with Crippen molar-refractivity contribution in [1.82, 2.24) is 14.8 Å². The third-order valence-electron chi connectivity index (χ3n) is 5.91. The quantitative estimate of drug-likeness (QED) is 0.817. The average Bonchev–Trinajstić information content (AvgIpc) is 3.12. The number of carbonyl (C=O) groups is 2. The molecule has 5 rings (SSSR count). The van der Waals surface area contributed by atoms with Gasteiger partial charge in [0.15, 0.2) is 5.72 Å². The van der Waals surface area contributed by atoms with Gasteiger partial charge in [0, 0.05) is 31.0 Å². The second kappa shape index (κ2) is 5.63. The van der Waals surface area contributed by atoms with Crippen LogP contribution < -0.4 is 5.56 Å².